The number of aliphatic hydroxyl groups excluding tert-OH is 1. The molecule has 3 unspecified atom stereocenters. The molecule has 0 aliphatic heterocycles. The first-order chi connectivity index (χ1) is 30.5. The molecule has 0 aliphatic rings. The van der Waals surface area contributed by atoms with E-state index in [4.69, 9.17) is 9.05 Å². The zero-order valence-corrected chi connectivity index (χ0v) is 43.4. The molecule has 0 saturated heterocycles. The molecule has 9 heteroatoms. The van der Waals surface area contributed by atoms with Gasteiger partial charge in [-0.25, -0.2) is 0 Å². The van der Waals surface area contributed by atoms with Crippen LogP contribution in [0.3, 0.4) is 0 Å². The molecule has 0 radical (unpaired) electrons. The monoisotopic (exact) mass is 911 g/mol. The fourth-order valence-corrected chi connectivity index (χ4v) is 8.85. The molecule has 0 bridgehead atoms. The van der Waals surface area contributed by atoms with Gasteiger partial charge in [-0.15, -0.1) is 0 Å². The summed E-state index contributed by atoms with van der Waals surface area (Å²) in [6.45, 7) is 4.74. The van der Waals surface area contributed by atoms with Gasteiger partial charge in [-0.05, 0) is 44.9 Å². The van der Waals surface area contributed by atoms with Crippen molar-refractivity contribution in [1.82, 2.24) is 5.32 Å². The molecule has 0 aromatic rings. The van der Waals surface area contributed by atoms with Gasteiger partial charge in [-0.1, -0.05) is 237 Å². The highest BCUT2D eigenvalue weighted by Gasteiger charge is 2.24. The number of nitrogens with one attached hydrogen (secondary N) is 1. The third-order valence-electron chi connectivity index (χ3n) is 12.4. The Morgan fingerprint density at radius 1 is 0.556 bits per heavy atom. The molecule has 8 nitrogen and oxygen atoms in total. The smallest absolute Gasteiger partial charge is 0.268 e. The molecule has 0 spiro atoms. The number of carbonyl (C=O) groups excluding carboxylic acids is 1. The second kappa shape index (κ2) is 46.1. The van der Waals surface area contributed by atoms with Gasteiger partial charge >= 0.3 is 0 Å². The first-order valence-electron chi connectivity index (χ1n) is 27.2. The number of unbranched alkanes of at least 4 members (excludes halogenated alkanes) is 33. The number of aliphatic hydroxyl groups is 1. The van der Waals surface area contributed by atoms with Gasteiger partial charge in [0.25, 0.3) is 7.82 Å². The summed E-state index contributed by atoms with van der Waals surface area (Å²) in [6.07, 6.45) is 56.2. The fourth-order valence-electron chi connectivity index (χ4n) is 8.13. The van der Waals surface area contributed by atoms with Crippen molar-refractivity contribution in [3.63, 3.8) is 0 Å². The number of amides is 1. The molecule has 2 N–H and O–H groups in total. The summed E-state index contributed by atoms with van der Waals surface area (Å²) in [5.41, 5.74) is 0. The van der Waals surface area contributed by atoms with E-state index in [2.05, 4.69) is 43.5 Å². The van der Waals surface area contributed by atoms with Gasteiger partial charge in [-0.2, -0.15) is 0 Å². The minimum Gasteiger partial charge on any atom is -0.756 e. The summed E-state index contributed by atoms with van der Waals surface area (Å²) in [6, 6.07) is -0.800. The summed E-state index contributed by atoms with van der Waals surface area (Å²) in [5, 5.41) is 14.0. The average Bonchev–Trinajstić information content (AvgIpc) is 3.24. The topological polar surface area (TPSA) is 108 Å². The summed E-state index contributed by atoms with van der Waals surface area (Å²) in [7, 11) is 1.31. The molecular weight excluding hydrogens is 804 g/mol. The standard InChI is InChI=1S/C54H107N2O6P/c1-6-8-10-12-14-16-18-20-22-24-26-27-28-29-30-32-34-36-38-40-42-44-46-48-54(58)55-52(51-62-63(59,60)61-50-49-56(3,4)5)53(57)47-45-43-41-39-37-35-33-31-25-23-21-19-17-15-13-11-9-7-2/h18,20,24,26,52-53,57H,6-17,19,21-23,25,27-51H2,1-5H3,(H-,55,58,59,60)/b20-18-,26-24-. The number of quaternary nitrogens is 1. The minimum absolute atomic E-state index is 0.0131. The van der Waals surface area contributed by atoms with Crippen LogP contribution in [0.4, 0.5) is 0 Å². The fraction of sp³-hybridized carbons (Fsp3) is 0.907. The molecule has 0 rings (SSSR count). The predicted octanol–water partition coefficient (Wildman–Crippen LogP) is 15.4. The number of likely N-dealkylation sites (N-methyl/N-ethyl adjacent to an activating group) is 1. The van der Waals surface area contributed by atoms with E-state index in [1.807, 2.05) is 21.1 Å². The third-order valence-corrected chi connectivity index (χ3v) is 13.4. The number of allylic oxidation sites excluding steroid dienone is 4. The van der Waals surface area contributed by atoms with Crippen LogP contribution in [0, 0.1) is 0 Å². The van der Waals surface area contributed by atoms with E-state index in [1.165, 1.54) is 193 Å². The molecular formula is C54H107N2O6P. The molecule has 63 heavy (non-hydrogen) atoms. The SMILES string of the molecule is CCCCCCC/C=C\C/C=C\CCCCCCCCCCCCCC(=O)NC(COP(=O)([O-])OCC[N+](C)(C)C)C(O)CCCCCCCCCCCCCCCCCCCC. The number of carbonyl (C=O) groups is 1. The Kier molecular flexibility index (Phi) is 45.4. The van der Waals surface area contributed by atoms with Crippen LogP contribution in [0.25, 0.3) is 0 Å². The number of hydrogen-bond donors (Lipinski definition) is 2. The Morgan fingerprint density at radius 3 is 1.32 bits per heavy atom. The number of phosphoric acid groups is 1. The van der Waals surface area contributed by atoms with Crippen LogP contribution in [0.1, 0.15) is 264 Å². The van der Waals surface area contributed by atoms with Crippen LogP contribution in [0.5, 0.6) is 0 Å². The summed E-state index contributed by atoms with van der Waals surface area (Å²) in [5.74, 6) is -0.164. The first kappa shape index (κ1) is 62.0. The van der Waals surface area contributed by atoms with Crippen LogP contribution in [-0.2, 0) is 18.4 Å². The molecule has 374 valence electrons. The van der Waals surface area contributed by atoms with E-state index in [0.717, 1.165) is 44.9 Å². The zero-order chi connectivity index (χ0) is 46.4. The lowest BCUT2D eigenvalue weighted by atomic mass is 10.0. The maximum absolute atomic E-state index is 13.0. The van der Waals surface area contributed by atoms with Gasteiger partial charge in [0.05, 0.1) is 39.9 Å². The quantitative estimate of drug-likeness (QED) is 0.0272. The maximum Gasteiger partial charge on any atom is 0.268 e. The van der Waals surface area contributed by atoms with E-state index < -0.39 is 20.0 Å². The van der Waals surface area contributed by atoms with Crippen molar-refractivity contribution >= 4 is 13.7 Å². The molecule has 0 fully saturated rings. The Hall–Kier alpha value is -1.02. The first-order valence-corrected chi connectivity index (χ1v) is 28.6. The van der Waals surface area contributed by atoms with E-state index in [1.54, 1.807) is 0 Å². The molecule has 1 amide bonds. The van der Waals surface area contributed by atoms with Crippen molar-refractivity contribution in [2.45, 2.75) is 276 Å². The van der Waals surface area contributed by atoms with Crippen molar-refractivity contribution in [2.24, 2.45) is 0 Å². The second-order valence-electron chi connectivity index (χ2n) is 19.9. The number of phosphoric ester groups is 1. The van der Waals surface area contributed by atoms with E-state index >= 15 is 0 Å². The van der Waals surface area contributed by atoms with Gasteiger partial charge in [0, 0.05) is 6.42 Å². The van der Waals surface area contributed by atoms with Crippen molar-refractivity contribution in [2.75, 3.05) is 40.9 Å². The van der Waals surface area contributed by atoms with Crippen molar-refractivity contribution < 1.29 is 32.9 Å². The molecule has 0 aromatic heterocycles. The third kappa shape index (κ3) is 48.7. The number of nitrogens with zero attached hydrogens (tertiary/aromatic N) is 1. The molecule has 3 atom stereocenters. The summed E-state index contributed by atoms with van der Waals surface area (Å²) >= 11 is 0. The highest BCUT2D eigenvalue weighted by molar-refractivity contribution is 7.45. The van der Waals surface area contributed by atoms with Crippen LogP contribution >= 0.6 is 7.82 Å². The van der Waals surface area contributed by atoms with Crippen LogP contribution in [0.2, 0.25) is 0 Å². The normalized spacial score (nSPS) is 14.2. The highest BCUT2D eigenvalue weighted by Crippen LogP contribution is 2.38. The van der Waals surface area contributed by atoms with Gasteiger partial charge in [0.1, 0.15) is 13.2 Å². The average molecular weight is 911 g/mol. The minimum atomic E-state index is -4.57. The lowest BCUT2D eigenvalue weighted by Gasteiger charge is -2.30. The van der Waals surface area contributed by atoms with Crippen molar-refractivity contribution in [1.29, 1.82) is 0 Å². The van der Waals surface area contributed by atoms with Crippen LogP contribution in [-0.4, -0.2) is 68.5 Å². The zero-order valence-electron chi connectivity index (χ0n) is 42.5. The lowest BCUT2D eigenvalue weighted by Crippen LogP contribution is -2.46. The maximum atomic E-state index is 13.0. The van der Waals surface area contributed by atoms with E-state index in [-0.39, 0.29) is 19.1 Å². The van der Waals surface area contributed by atoms with E-state index in [0.29, 0.717) is 23.9 Å². The largest absolute Gasteiger partial charge is 0.756 e. The Balaban J connectivity index is 4.20. The number of hydrogen-bond acceptors (Lipinski definition) is 6. The van der Waals surface area contributed by atoms with Gasteiger partial charge in [-0.3, -0.25) is 9.36 Å². The Bertz CT molecular complexity index is 1080. The highest BCUT2D eigenvalue weighted by atomic mass is 31.2. The van der Waals surface area contributed by atoms with Gasteiger partial charge in [0.15, 0.2) is 0 Å². The molecule has 0 aliphatic carbocycles. The van der Waals surface area contributed by atoms with Crippen LogP contribution in [0.15, 0.2) is 24.3 Å². The second-order valence-corrected chi connectivity index (χ2v) is 21.4. The molecule has 0 aromatic carbocycles. The molecule has 0 heterocycles. The van der Waals surface area contributed by atoms with Crippen LogP contribution < -0.4 is 10.2 Å². The molecule has 0 saturated carbocycles. The Labute approximate surface area is 392 Å². The summed E-state index contributed by atoms with van der Waals surface area (Å²) < 4.78 is 23.4. The van der Waals surface area contributed by atoms with Gasteiger partial charge < -0.3 is 28.8 Å². The van der Waals surface area contributed by atoms with E-state index in [9.17, 15) is 19.4 Å². The van der Waals surface area contributed by atoms with Gasteiger partial charge in [0.2, 0.25) is 5.91 Å². The predicted molar refractivity (Wildman–Crippen MR) is 270 cm³/mol. The van der Waals surface area contributed by atoms with Crippen molar-refractivity contribution in [3.8, 4) is 0 Å². The lowest BCUT2D eigenvalue weighted by molar-refractivity contribution is -0.870. The van der Waals surface area contributed by atoms with Crippen molar-refractivity contribution in [3.05, 3.63) is 24.3 Å². The number of rotatable bonds is 50. The Morgan fingerprint density at radius 2 is 0.921 bits per heavy atom. The summed E-state index contributed by atoms with van der Waals surface area (Å²) in [4.78, 5) is 25.5.